The lowest BCUT2D eigenvalue weighted by atomic mass is 10.1. The minimum atomic E-state index is -0.310. The lowest BCUT2D eigenvalue weighted by Crippen LogP contribution is -2.45. The third kappa shape index (κ3) is 3.90. The van der Waals surface area contributed by atoms with Crippen LogP contribution in [-0.2, 0) is 16.0 Å². The number of carbonyl (C=O) groups is 2. The minimum Gasteiger partial charge on any atom is -0.273 e. The Morgan fingerprint density at radius 2 is 1.71 bits per heavy atom. The average molecular weight is 354 g/mol. The van der Waals surface area contributed by atoms with E-state index in [0.29, 0.717) is 9.23 Å². The first-order valence-electron chi connectivity index (χ1n) is 7.30. The quantitative estimate of drug-likeness (QED) is 0.677. The first-order chi connectivity index (χ1) is 11.6. The number of hydrogen-bond acceptors (Lipinski definition) is 4. The molecule has 0 aromatic heterocycles. The van der Waals surface area contributed by atoms with Gasteiger partial charge in [-0.3, -0.25) is 15.0 Å². The molecule has 0 spiro atoms. The fourth-order valence-electron chi connectivity index (χ4n) is 2.21. The number of amides is 2. The molecule has 120 valence electrons. The van der Waals surface area contributed by atoms with E-state index in [-0.39, 0.29) is 18.2 Å². The maximum atomic E-state index is 12.4. The van der Waals surface area contributed by atoms with Gasteiger partial charge in [0.05, 0.1) is 11.3 Å². The Morgan fingerprint density at radius 1 is 1.08 bits per heavy atom. The van der Waals surface area contributed by atoms with E-state index in [4.69, 9.17) is 12.2 Å². The summed E-state index contributed by atoms with van der Waals surface area (Å²) in [5.74, 6) is -0.589. The van der Waals surface area contributed by atoms with E-state index < -0.39 is 0 Å². The van der Waals surface area contributed by atoms with Gasteiger partial charge in [0.25, 0.3) is 5.91 Å². The smallest absolute Gasteiger partial charge is 0.273 e. The molecule has 0 atom stereocenters. The van der Waals surface area contributed by atoms with Gasteiger partial charge >= 0.3 is 0 Å². The summed E-state index contributed by atoms with van der Waals surface area (Å²) in [7, 11) is 0. The highest BCUT2D eigenvalue weighted by atomic mass is 32.2. The number of hydrogen-bond donors (Lipinski definition) is 1. The summed E-state index contributed by atoms with van der Waals surface area (Å²) in [6, 6.07) is 18.8. The zero-order valence-electron chi connectivity index (χ0n) is 12.6. The van der Waals surface area contributed by atoms with Crippen LogP contribution >= 0.6 is 24.0 Å². The molecule has 1 N–H and O–H groups in total. The van der Waals surface area contributed by atoms with Crippen molar-refractivity contribution in [3.8, 4) is 0 Å². The molecule has 1 aliphatic rings. The van der Waals surface area contributed by atoms with E-state index in [1.807, 2.05) is 60.7 Å². The minimum absolute atomic E-state index is 0.190. The van der Waals surface area contributed by atoms with Gasteiger partial charge in [-0.2, -0.15) is 5.01 Å². The molecule has 0 radical (unpaired) electrons. The summed E-state index contributed by atoms with van der Waals surface area (Å²) in [5, 5.41) is 1.14. The first kappa shape index (κ1) is 16.4. The van der Waals surface area contributed by atoms with Gasteiger partial charge in [-0.25, -0.2) is 0 Å². The van der Waals surface area contributed by atoms with Crippen LogP contribution in [0.15, 0.2) is 65.6 Å². The van der Waals surface area contributed by atoms with Crippen molar-refractivity contribution in [3.05, 3.63) is 76.7 Å². The molecule has 0 saturated carbocycles. The van der Waals surface area contributed by atoms with Crippen molar-refractivity contribution in [1.29, 1.82) is 0 Å². The molecule has 4 nitrogen and oxygen atoms in total. The average Bonchev–Trinajstić information content (AvgIpc) is 2.84. The van der Waals surface area contributed by atoms with Gasteiger partial charge in [0.2, 0.25) is 5.91 Å². The summed E-state index contributed by atoms with van der Waals surface area (Å²) < 4.78 is 0.323. The van der Waals surface area contributed by atoms with Crippen molar-refractivity contribution in [2.45, 2.75) is 6.42 Å². The highest BCUT2D eigenvalue weighted by Crippen LogP contribution is 2.31. The van der Waals surface area contributed by atoms with Gasteiger partial charge < -0.3 is 0 Å². The first-order valence-corrected chi connectivity index (χ1v) is 8.52. The number of thiocarbonyl (C=S) groups is 1. The molecule has 3 rings (SSSR count). The lowest BCUT2D eigenvalue weighted by molar-refractivity contribution is -0.132. The summed E-state index contributed by atoms with van der Waals surface area (Å²) in [5.41, 5.74) is 4.37. The molecule has 1 heterocycles. The summed E-state index contributed by atoms with van der Waals surface area (Å²) in [6.07, 6.45) is 1.96. The Kier molecular flexibility index (Phi) is 5.08. The van der Waals surface area contributed by atoms with Gasteiger partial charge in [0.15, 0.2) is 4.32 Å². The van der Waals surface area contributed by atoms with Crippen molar-refractivity contribution in [3.63, 3.8) is 0 Å². The lowest BCUT2D eigenvalue weighted by Gasteiger charge is -2.15. The van der Waals surface area contributed by atoms with Gasteiger partial charge in [-0.1, -0.05) is 72.4 Å². The fourth-order valence-corrected chi connectivity index (χ4v) is 3.39. The number of benzene rings is 2. The van der Waals surface area contributed by atoms with Gasteiger partial charge in [-0.15, -0.1) is 0 Å². The summed E-state index contributed by atoms with van der Waals surface area (Å²) >= 11 is 6.39. The number of hydrazine groups is 1. The van der Waals surface area contributed by atoms with Gasteiger partial charge in [0, 0.05) is 0 Å². The molecule has 1 aliphatic heterocycles. The van der Waals surface area contributed by atoms with Crippen molar-refractivity contribution in [2.75, 3.05) is 0 Å². The van der Waals surface area contributed by atoms with Crippen molar-refractivity contribution >= 4 is 46.2 Å². The maximum absolute atomic E-state index is 12.4. The zero-order valence-corrected chi connectivity index (χ0v) is 14.3. The third-order valence-electron chi connectivity index (χ3n) is 3.34. The molecule has 0 aliphatic carbocycles. The molecule has 2 aromatic carbocycles. The van der Waals surface area contributed by atoms with E-state index >= 15 is 0 Å². The second-order valence-corrected chi connectivity index (χ2v) is 6.80. The fraction of sp³-hybridized carbons (Fsp3) is 0.0556. The van der Waals surface area contributed by atoms with Gasteiger partial charge in [0.1, 0.15) is 0 Å². The molecule has 0 unspecified atom stereocenters. The van der Waals surface area contributed by atoms with E-state index in [1.54, 1.807) is 6.08 Å². The molecule has 2 aromatic rings. The SMILES string of the molecule is O=C(Cc1ccccc1)NN1C(=O)/C(=C/c2ccccc2)SC1=S. The summed E-state index contributed by atoms with van der Waals surface area (Å²) in [6.45, 7) is 0. The molecule has 0 bridgehead atoms. The Hall–Kier alpha value is -2.44. The van der Waals surface area contributed by atoms with Crippen LogP contribution in [0.4, 0.5) is 0 Å². The largest absolute Gasteiger partial charge is 0.285 e. The van der Waals surface area contributed by atoms with Crippen molar-refractivity contribution in [2.24, 2.45) is 0 Å². The Bertz CT molecular complexity index is 804. The number of rotatable bonds is 4. The van der Waals surface area contributed by atoms with E-state index in [9.17, 15) is 9.59 Å². The topological polar surface area (TPSA) is 49.4 Å². The van der Waals surface area contributed by atoms with Crippen LogP contribution in [0.5, 0.6) is 0 Å². The van der Waals surface area contributed by atoms with Crippen molar-refractivity contribution in [1.82, 2.24) is 10.4 Å². The molecule has 1 fully saturated rings. The molecule has 2 amide bonds. The number of carbonyl (C=O) groups excluding carboxylic acids is 2. The monoisotopic (exact) mass is 354 g/mol. The highest BCUT2D eigenvalue weighted by molar-refractivity contribution is 8.26. The molecule has 6 heteroatoms. The molecular weight excluding hydrogens is 340 g/mol. The number of nitrogens with one attached hydrogen (secondary N) is 1. The highest BCUT2D eigenvalue weighted by Gasteiger charge is 2.33. The van der Waals surface area contributed by atoms with Crippen LogP contribution in [0.2, 0.25) is 0 Å². The predicted molar refractivity (Wildman–Crippen MR) is 99.7 cm³/mol. The molecule has 1 saturated heterocycles. The van der Waals surface area contributed by atoms with Crippen LogP contribution in [0.3, 0.4) is 0 Å². The van der Waals surface area contributed by atoms with Crippen LogP contribution < -0.4 is 5.43 Å². The molecular formula is C18H14N2O2S2. The second kappa shape index (κ2) is 7.42. The van der Waals surface area contributed by atoms with E-state index in [0.717, 1.165) is 16.1 Å². The second-order valence-electron chi connectivity index (χ2n) is 5.13. The summed E-state index contributed by atoms with van der Waals surface area (Å²) in [4.78, 5) is 25.1. The van der Waals surface area contributed by atoms with Crippen LogP contribution in [0.25, 0.3) is 6.08 Å². The Morgan fingerprint density at radius 3 is 2.38 bits per heavy atom. The normalized spacial score (nSPS) is 15.8. The van der Waals surface area contributed by atoms with Crippen LogP contribution in [-0.4, -0.2) is 21.1 Å². The Balaban J connectivity index is 1.68. The Labute approximate surface area is 149 Å². The molecule has 24 heavy (non-hydrogen) atoms. The van der Waals surface area contributed by atoms with Crippen LogP contribution in [0.1, 0.15) is 11.1 Å². The number of nitrogens with zero attached hydrogens (tertiary/aromatic N) is 1. The van der Waals surface area contributed by atoms with E-state index in [1.165, 1.54) is 11.8 Å². The van der Waals surface area contributed by atoms with Crippen molar-refractivity contribution < 1.29 is 9.59 Å². The van der Waals surface area contributed by atoms with E-state index in [2.05, 4.69) is 5.43 Å². The maximum Gasteiger partial charge on any atom is 0.285 e. The number of thioether (sulfide) groups is 1. The van der Waals surface area contributed by atoms with Crippen LogP contribution in [0, 0.1) is 0 Å². The standard InChI is InChI=1S/C18H14N2O2S2/c21-16(12-14-9-5-2-6-10-14)19-20-17(22)15(24-18(20)23)11-13-7-3-1-4-8-13/h1-11H,12H2,(H,19,21)/b15-11-. The third-order valence-corrected chi connectivity index (χ3v) is 4.64. The predicted octanol–water partition coefficient (Wildman–Crippen LogP) is 3.16. The van der Waals surface area contributed by atoms with Gasteiger partial charge in [-0.05, 0) is 29.4 Å². The zero-order chi connectivity index (χ0) is 16.9.